The number of hydrogen-bond donors (Lipinski definition) is 3. The number of benzene rings is 2. The van der Waals surface area contributed by atoms with Crippen LogP contribution in [0.1, 0.15) is 38.9 Å². The van der Waals surface area contributed by atoms with E-state index >= 15 is 0 Å². The lowest BCUT2D eigenvalue weighted by Gasteiger charge is -2.08. The maximum Gasteiger partial charge on any atom is 0.341 e. The molecular formula is C25H23N3O4S. The number of aryl methyl sites for hydroxylation is 2. The van der Waals surface area contributed by atoms with Gasteiger partial charge in [-0.15, -0.1) is 11.3 Å². The average molecular weight is 462 g/mol. The SMILES string of the molecule is CCOC(=O)c1c(-c2ccc(C)cc2)csc1NC(=O)c1cc(-c2cccc(C)c2O)n[nH]1. The number of para-hydroxylation sites is 1. The maximum atomic E-state index is 12.9. The minimum Gasteiger partial charge on any atom is -0.507 e. The van der Waals surface area contributed by atoms with E-state index in [0.29, 0.717) is 32.9 Å². The molecule has 2 aromatic heterocycles. The number of hydrogen-bond acceptors (Lipinski definition) is 6. The number of carbonyl (C=O) groups is 2. The number of nitrogens with zero attached hydrogens (tertiary/aromatic N) is 1. The standard InChI is InChI=1S/C25H23N3O4S/c1-4-32-25(31)21-18(16-10-8-14(2)9-11-16)13-33-24(21)26-23(30)20-12-19(27-28-20)17-7-5-6-15(3)22(17)29/h5-13,29H,4H2,1-3H3,(H,26,30)(H,27,28). The number of aromatic hydroxyl groups is 1. The number of ether oxygens (including phenoxy) is 1. The summed E-state index contributed by atoms with van der Waals surface area (Å²) in [5, 5.41) is 22.2. The molecule has 4 rings (SSSR count). The molecular weight excluding hydrogens is 438 g/mol. The molecule has 2 heterocycles. The zero-order chi connectivity index (χ0) is 23.5. The van der Waals surface area contributed by atoms with Crippen molar-refractivity contribution in [3.05, 3.63) is 76.3 Å². The Hall–Kier alpha value is -3.91. The molecule has 0 atom stereocenters. The first-order valence-electron chi connectivity index (χ1n) is 10.4. The molecule has 0 fully saturated rings. The van der Waals surface area contributed by atoms with Gasteiger partial charge in [0.25, 0.3) is 5.91 Å². The number of amides is 1. The van der Waals surface area contributed by atoms with Crippen molar-refractivity contribution < 1.29 is 19.4 Å². The summed E-state index contributed by atoms with van der Waals surface area (Å²) < 4.78 is 5.25. The first-order chi connectivity index (χ1) is 15.9. The molecule has 7 nitrogen and oxygen atoms in total. The topological polar surface area (TPSA) is 104 Å². The van der Waals surface area contributed by atoms with Gasteiger partial charge in [-0.25, -0.2) is 4.79 Å². The predicted octanol–water partition coefficient (Wildman–Crippen LogP) is 5.56. The number of rotatable bonds is 6. The predicted molar refractivity (Wildman–Crippen MR) is 129 cm³/mol. The molecule has 0 aliphatic heterocycles. The molecule has 0 aliphatic carbocycles. The van der Waals surface area contributed by atoms with E-state index in [1.54, 1.807) is 32.0 Å². The van der Waals surface area contributed by atoms with E-state index in [4.69, 9.17) is 4.74 Å². The van der Waals surface area contributed by atoms with Gasteiger partial charge in [0.15, 0.2) is 0 Å². The largest absolute Gasteiger partial charge is 0.507 e. The van der Waals surface area contributed by atoms with Crippen LogP contribution in [-0.4, -0.2) is 33.8 Å². The Balaban J connectivity index is 1.64. The van der Waals surface area contributed by atoms with Crippen molar-refractivity contribution in [2.45, 2.75) is 20.8 Å². The fourth-order valence-electron chi connectivity index (χ4n) is 3.41. The molecule has 168 valence electrons. The summed E-state index contributed by atoms with van der Waals surface area (Å²) in [5.41, 5.74) is 4.86. The van der Waals surface area contributed by atoms with E-state index < -0.39 is 11.9 Å². The highest BCUT2D eigenvalue weighted by atomic mass is 32.1. The normalized spacial score (nSPS) is 10.8. The Morgan fingerprint density at radius 3 is 2.61 bits per heavy atom. The molecule has 0 unspecified atom stereocenters. The molecule has 0 bridgehead atoms. The maximum absolute atomic E-state index is 12.9. The lowest BCUT2D eigenvalue weighted by molar-refractivity contribution is 0.0529. The second kappa shape index (κ2) is 9.30. The summed E-state index contributed by atoms with van der Waals surface area (Å²) in [5.74, 6) is -0.843. The van der Waals surface area contributed by atoms with Crippen LogP contribution in [0.5, 0.6) is 5.75 Å². The van der Waals surface area contributed by atoms with Gasteiger partial charge in [-0.1, -0.05) is 42.0 Å². The van der Waals surface area contributed by atoms with Crippen LogP contribution >= 0.6 is 11.3 Å². The van der Waals surface area contributed by atoms with Gasteiger partial charge in [-0.05, 0) is 44.0 Å². The summed E-state index contributed by atoms with van der Waals surface area (Å²) in [6.07, 6.45) is 0. The highest BCUT2D eigenvalue weighted by Gasteiger charge is 2.24. The highest BCUT2D eigenvalue weighted by Crippen LogP contribution is 2.37. The number of aromatic nitrogens is 2. The summed E-state index contributed by atoms with van der Waals surface area (Å²) in [6, 6.07) is 14.7. The van der Waals surface area contributed by atoms with Crippen LogP contribution in [0, 0.1) is 13.8 Å². The molecule has 0 saturated heterocycles. The van der Waals surface area contributed by atoms with Crippen molar-refractivity contribution in [3.63, 3.8) is 0 Å². The Morgan fingerprint density at radius 2 is 1.88 bits per heavy atom. The lowest BCUT2D eigenvalue weighted by atomic mass is 10.0. The van der Waals surface area contributed by atoms with Crippen LogP contribution < -0.4 is 5.32 Å². The molecule has 0 spiro atoms. The second-order valence-electron chi connectivity index (χ2n) is 7.53. The first-order valence-corrected chi connectivity index (χ1v) is 11.3. The Bertz CT molecular complexity index is 1320. The summed E-state index contributed by atoms with van der Waals surface area (Å²) in [7, 11) is 0. The molecule has 4 aromatic rings. The minimum atomic E-state index is -0.500. The number of phenols is 1. The van der Waals surface area contributed by atoms with E-state index in [9.17, 15) is 14.7 Å². The monoisotopic (exact) mass is 461 g/mol. The number of phenolic OH excluding ortho intramolecular Hbond substituents is 1. The third-order valence-corrected chi connectivity index (χ3v) is 6.09. The molecule has 33 heavy (non-hydrogen) atoms. The van der Waals surface area contributed by atoms with Crippen LogP contribution in [0.4, 0.5) is 5.00 Å². The van der Waals surface area contributed by atoms with Crippen LogP contribution in [0.15, 0.2) is 53.9 Å². The number of H-pyrrole nitrogens is 1. The molecule has 0 saturated carbocycles. The number of aromatic amines is 1. The number of carbonyl (C=O) groups excluding carboxylic acids is 2. The number of esters is 1. The van der Waals surface area contributed by atoms with E-state index in [1.165, 1.54) is 11.3 Å². The van der Waals surface area contributed by atoms with Crippen molar-refractivity contribution in [1.82, 2.24) is 10.2 Å². The van der Waals surface area contributed by atoms with E-state index in [1.807, 2.05) is 42.6 Å². The third-order valence-electron chi connectivity index (χ3n) is 5.20. The number of thiophene rings is 1. The first kappa shape index (κ1) is 22.3. The van der Waals surface area contributed by atoms with Gasteiger partial charge in [0.2, 0.25) is 0 Å². The number of anilines is 1. The van der Waals surface area contributed by atoms with Gasteiger partial charge >= 0.3 is 5.97 Å². The minimum absolute atomic E-state index is 0.113. The molecule has 2 aromatic carbocycles. The van der Waals surface area contributed by atoms with Crippen molar-refractivity contribution in [2.24, 2.45) is 0 Å². The van der Waals surface area contributed by atoms with Gasteiger partial charge in [-0.3, -0.25) is 9.89 Å². The number of nitrogens with one attached hydrogen (secondary N) is 2. The smallest absolute Gasteiger partial charge is 0.341 e. The van der Waals surface area contributed by atoms with E-state index in [2.05, 4.69) is 15.5 Å². The molecule has 1 amide bonds. The fourth-order valence-corrected chi connectivity index (χ4v) is 4.37. The van der Waals surface area contributed by atoms with Crippen molar-refractivity contribution >= 4 is 28.2 Å². The summed E-state index contributed by atoms with van der Waals surface area (Å²) >= 11 is 1.25. The Kier molecular flexibility index (Phi) is 6.28. The lowest BCUT2D eigenvalue weighted by Crippen LogP contribution is -2.15. The molecule has 3 N–H and O–H groups in total. The van der Waals surface area contributed by atoms with Crippen molar-refractivity contribution in [3.8, 4) is 28.1 Å². The molecule has 8 heteroatoms. The van der Waals surface area contributed by atoms with Gasteiger partial charge in [0, 0.05) is 16.5 Å². The van der Waals surface area contributed by atoms with Gasteiger partial charge in [0.1, 0.15) is 22.0 Å². The Labute approximate surface area is 195 Å². The Morgan fingerprint density at radius 1 is 1.12 bits per heavy atom. The zero-order valence-electron chi connectivity index (χ0n) is 18.4. The van der Waals surface area contributed by atoms with Gasteiger partial charge in [0.05, 0.1) is 12.3 Å². The summed E-state index contributed by atoms with van der Waals surface area (Å²) in [4.78, 5) is 25.7. The quantitative estimate of drug-likeness (QED) is 0.326. The second-order valence-corrected chi connectivity index (χ2v) is 8.41. The average Bonchev–Trinajstić information content (AvgIpc) is 3.44. The van der Waals surface area contributed by atoms with E-state index in [0.717, 1.165) is 11.1 Å². The van der Waals surface area contributed by atoms with Crippen LogP contribution in [0.25, 0.3) is 22.4 Å². The zero-order valence-corrected chi connectivity index (χ0v) is 19.2. The van der Waals surface area contributed by atoms with Crippen LogP contribution in [-0.2, 0) is 4.74 Å². The summed E-state index contributed by atoms with van der Waals surface area (Å²) in [6.45, 7) is 5.74. The van der Waals surface area contributed by atoms with Crippen LogP contribution in [0.2, 0.25) is 0 Å². The highest BCUT2D eigenvalue weighted by molar-refractivity contribution is 7.15. The fraction of sp³-hybridized carbons (Fsp3) is 0.160. The van der Waals surface area contributed by atoms with E-state index in [-0.39, 0.29) is 18.1 Å². The van der Waals surface area contributed by atoms with Crippen molar-refractivity contribution in [2.75, 3.05) is 11.9 Å². The third kappa shape index (κ3) is 4.51. The van der Waals surface area contributed by atoms with Crippen LogP contribution in [0.3, 0.4) is 0 Å². The van der Waals surface area contributed by atoms with Crippen molar-refractivity contribution in [1.29, 1.82) is 0 Å². The molecule has 0 aliphatic rings. The van der Waals surface area contributed by atoms with Gasteiger partial charge < -0.3 is 15.2 Å². The molecule has 0 radical (unpaired) electrons. The van der Waals surface area contributed by atoms with Gasteiger partial charge in [-0.2, -0.15) is 5.10 Å².